The Kier molecular flexibility index (Phi) is 3.59. The summed E-state index contributed by atoms with van der Waals surface area (Å²) in [6.45, 7) is 0.753. The monoisotopic (exact) mass is 181 g/mol. The summed E-state index contributed by atoms with van der Waals surface area (Å²) in [5, 5.41) is 0. The summed E-state index contributed by atoms with van der Waals surface area (Å²) in [5.74, 6) is 0.696. The Morgan fingerprint density at radius 1 is 1.55 bits per heavy atom. The van der Waals surface area contributed by atoms with Crippen LogP contribution in [0.3, 0.4) is 0 Å². The highest BCUT2D eigenvalue weighted by molar-refractivity contribution is 7.96. The molecule has 1 fully saturated rings. The van der Waals surface area contributed by atoms with Gasteiger partial charge in [-0.3, -0.25) is 0 Å². The SMILES string of the molecule is CSN(CC(F)F)CC1CC1. The van der Waals surface area contributed by atoms with Gasteiger partial charge in [-0.05, 0) is 25.0 Å². The molecule has 0 N–H and O–H groups in total. The van der Waals surface area contributed by atoms with Crippen molar-refractivity contribution in [3.63, 3.8) is 0 Å². The van der Waals surface area contributed by atoms with Gasteiger partial charge in [-0.15, -0.1) is 0 Å². The minimum atomic E-state index is -2.19. The molecule has 0 aliphatic heterocycles. The van der Waals surface area contributed by atoms with Crippen molar-refractivity contribution in [3.05, 3.63) is 0 Å². The van der Waals surface area contributed by atoms with E-state index in [1.807, 2.05) is 6.26 Å². The zero-order valence-corrected chi connectivity index (χ0v) is 7.41. The van der Waals surface area contributed by atoms with Crippen LogP contribution in [0.4, 0.5) is 8.78 Å². The molecule has 0 unspecified atom stereocenters. The first-order valence-electron chi connectivity index (χ1n) is 3.79. The highest BCUT2D eigenvalue weighted by Crippen LogP contribution is 2.31. The van der Waals surface area contributed by atoms with Gasteiger partial charge in [-0.25, -0.2) is 13.1 Å². The fourth-order valence-corrected chi connectivity index (χ4v) is 1.59. The lowest BCUT2D eigenvalue weighted by atomic mass is 10.4. The maximum absolute atomic E-state index is 11.9. The van der Waals surface area contributed by atoms with Crippen molar-refractivity contribution in [2.75, 3.05) is 19.3 Å². The second-order valence-corrected chi connectivity index (χ2v) is 3.75. The van der Waals surface area contributed by atoms with E-state index in [1.54, 1.807) is 4.31 Å². The van der Waals surface area contributed by atoms with Crippen LogP contribution in [-0.2, 0) is 0 Å². The topological polar surface area (TPSA) is 3.24 Å². The van der Waals surface area contributed by atoms with E-state index < -0.39 is 6.43 Å². The molecule has 0 heterocycles. The minimum absolute atomic E-state index is 0.0856. The Bertz CT molecular complexity index is 113. The fraction of sp³-hybridized carbons (Fsp3) is 1.00. The fourth-order valence-electron chi connectivity index (χ4n) is 0.966. The van der Waals surface area contributed by atoms with Gasteiger partial charge in [0.15, 0.2) is 0 Å². The van der Waals surface area contributed by atoms with Crippen molar-refractivity contribution in [1.82, 2.24) is 4.31 Å². The first-order chi connectivity index (χ1) is 5.22. The average molecular weight is 181 g/mol. The predicted octanol–water partition coefficient (Wildman–Crippen LogP) is 2.24. The van der Waals surface area contributed by atoms with Crippen molar-refractivity contribution in [2.24, 2.45) is 5.92 Å². The van der Waals surface area contributed by atoms with Crippen molar-refractivity contribution < 1.29 is 8.78 Å². The molecule has 1 nitrogen and oxygen atoms in total. The Morgan fingerprint density at radius 3 is 2.55 bits per heavy atom. The highest BCUT2D eigenvalue weighted by atomic mass is 32.2. The normalized spacial score (nSPS) is 18.3. The van der Waals surface area contributed by atoms with Crippen LogP contribution in [0.2, 0.25) is 0 Å². The zero-order chi connectivity index (χ0) is 8.27. The molecule has 0 saturated heterocycles. The van der Waals surface area contributed by atoms with E-state index in [-0.39, 0.29) is 6.54 Å². The van der Waals surface area contributed by atoms with Gasteiger partial charge in [0.2, 0.25) is 0 Å². The molecule has 0 atom stereocenters. The summed E-state index contributed by atoms with van der Waals surface area (Å²) in [6, 6.07) is 0. The molecule has 0 aromatic rings. The first-order valence-corrected chi connectivity index (χ1v) is 4.97. The van der Waals surface area contributed by atoms with Crippen LogP contribution in [-0.4, -0.2) is 30.1 Å². The molecule has 0 aromatic heterocycles. The Labute approximate surface area is 70.3 Å². The Morgan fingerprint density at radius 2 is 2.18 bits per heavy atom. The summed E-state index contributed by atoms with van der Waals surface area (Å²) >= 11 is 1.42. The molecule has 1 aliphatic rings. The molecule has 0 spiro atoms. The van der Waals surface area contributed by atoms with Crippen LogP contribution in [0.1, 0.15) is 12.8 Å². The number of rotatable bonds is 5. The number of hydrogen-bond donors (Lipinski definition) is 0. The van der Waals surface area contributed by atoms with Crippen molar-refractivity contribution in [1.29, 1.82) is 0 Å². The van der Waals surface area contributed by atoms with Crippen LogP contribution in [0.5, 0.6) is 0 Å². The number of nitrogens with zero attached hydrogens (tertiary/aromatic N) is 1. The molecule has 0 bridgehead atoms. The lowest BCUT2D eigenvalue weighted by Gasteiger charge is -2.17. The summed E-state index contributed by atoms with van der Waals surface area (Å²) in [6.07, 6.45) is 2.10. The lowest BCUT2D eigenvalue weighted by Crippen LogP contribution is -2.24. The second-order valence-electron chi connectivity index (χ2n) is 2.86. The van der Waals surface area contributed by atoms with E-state index in [2.05, 4.69) is 0 Å². The van der Waals surface area contributed by atoms with Gasteiger partial charge in [0.1, 0.15) is 0 Å². The average Bonchev–Trinajstić information content (AvgIpc) is 2.69. The highest BCUT2D eigenvalue weighted by Gasteiger charge is 2.25. The molecule has 1 saturated carbocycles. The van der Waals surface area contributed by atoms with Crippen molar-refractivity contribution >= 4 is 11.9 Å². The van der Waals surface area contributed by atoms with Gasteiger partial charge in [0.05, 0.1) is 6.54 Å². The van der Waals surface area contributed by atoms with Crippen molar-refractivity contribution in [3.8, 4) is 0 Å². The van der Waals surface area contributed by atoms with E-state index >= 15 is 0 Å². The summed E-state index contributed by atoms with van der Waals surface area (Å²) in [5.41, 5.74) is 0. The molecule has 0 amide bonds. The molecule has 11 heavy (non-hydrogen) atoms. The van der Waals surface area contributed by atoms with E-state index in [4.69, 9.17) is 0 Å². The van der Waals surface area contributed by atoms with E-state index in [9.17, 15) is 8.78 Å². The quantitative estimate of drug-likeness (QED) is 0.598. The van der Waals surface area contributed by atoms with Gasteiger partial charge in [-0.1, -0.05) is 11.9 Å². The smallest absolute Gasteiger partial charge is 0.245 e. The Balaban J connectivity index is 2.12. The van der Waals surface area contributed by atoms with E-state index in [1.165, 1.54) is 24.8 Å². The summed E-state index contributed by atoms with van der Waals surface area (Å²) < 4.78 is 25.5. The maximum Gasteiger partial charge on any atom is 0.252 e. The molecular weight excluding hydrogens is 168 g/mol. The molecule has 0 radical (unpaired) electrons. The minimum Gasteiger partial charge on any atom is -0.245 e. The lowest BCUT2D eigenvalue weighted by molar-refractivity contribution is 0.122. The molecule has 1 aliphatic carbocycles. The molecule has 1 rings (SSSR count). The Hall–Kier alpha value is 0.170. The van der Waals surface area contributed by atoms with E-state index in [0.29, 0.717) is 5.92 Å². The van der Waals surface area contributed by atoms with Crippen molar-refractivity contribution in [2.45, 2.75) is 19.3 Å². The number of hydrogen-bond acceptors (Lipinski definition) is 2. The van der Waals surface area contributed by atoms with Gasteiger partial charge in [-0.2, -0.15) is 0 Å². The number of halogens is 2. The van der Waals surface area contributed by atoms with Gasteiger partial charge >= 0.3 is 0 Å². The molecule has 66 valence electrons. The second kappa shape index (κ2) is 4.26. The van der Waals surface area contributed by atoms with Gasteiger partial charge < -0.3 is 0 Å². The predicted molar refractivity (Wildman–Crippen MR) is 43.8 cm³/mol. The standard InChI is InChI=1S/C7H13F2NS/c1-11-10(5-7(8)9)4-6-2-3-6/h6-7H,2-5H2,1H3. The third-order valence-corrected chi connectivity index (χ3v) is 2.57. The summed E-state index contributed by atoms with van der Waals surface area (Å²) in [4.78, 5) is 0. The number of alkyl halides is 2. The first kappa shape index (κ1) is 9.26. The molecular formula is C7H13F2NS. The third kappa shape index (κ3) is 3.91. The largest absolute Gasteiger partial charge is 0.252 e. The zero-order valence-electron chi connectivity index (χ0n) is 6.59. The van der Waals surface area contributed by atoms with E-state index in [0.717, 1.165) is 6.54 Å². The molecule has 0 aromatic carbocycles. The van der Waals surface area contributed by atoms with Crippen LogP contribution in [0, 0.1) is 5.92 Å². The van der Waals surface area contributed by atoms with Crippen LogP contribution in [0.25, 0.3) is 0 Å². The van der Waals surface area contributed by atoms with Gasteiger partial charge in [0, 0.05) is 6.54 Å². The van der Waals surface area contributed by atoms with Crippen LogP contribution in [0.15, 0.2) is 0 Å². The summed E-state index contributed by atoms with van der Waals surface area (Å²) in [7, 11) is 0. The molecule has 4 heteroatoms. The van der Waals surface area contributed by atoms with Crippen LogP contribution < -0.4 is 0 Å². The van der Waals surface area contributed by atoms with Gasteiger partial charge in [0.25, 0.3) is 6.43 Å². The third-order valence-electron chi connectivity index (χ3n) is 1.76. The maximum atomic E-state index is 11.9. The van der Waals surface area contributed by atoms with Crippen LogP contribution >= 0.6 is 11.9 Å².